The van der Waals surface area contributed by atoms with Gasteiger partial charge in [-0.15, -0.1) is 0 Å². The van der Waals surface area contributed by atoms with Crippen molar-refractivity contribution in [2.75, 3.05) is 19.7 Å². The van der Waals surface area contributed by atoms with Crippen molar-refractivity contribution in [3.8, 4) is 28.3 Å². The number of aromatic nitrogens is 2. The molecule has 0 saturated carbocycles. The van der Waals surface area contributed by atoms with E-state index in [-0.39, 0.29) is 0 Å². The highest BCUT2D eigenvalue weighted by atomic mass is 16.5. The van der Waals surface area contributed by atoms with E-state index >= 15 is 0 Å². The van der Waals surface area contributed by atoms with E-state index in [9.17, 15) is 0 Å². The third-order valence-corrected chi connectivity index (χ3v) is 4.86. The fourth-order valence-corrected chi connectivity index (χ4v) is 3.37. The summed E-state index contributed by atoms with van der Waals surface area (Å²) in [5.41, 5.74) is 4.50. The van der Waals surface area contributed by atoms with Gasteiger partial charge in [0.1, 0.15) is 0 Å². The Balaban J connectivity index is 1.50. The molecule has 1 aliphatic heterocycles. The zero-order valence-electron chi connectivity index (χ0n) is 14.8. The van der Waals surface area contributed by atoms with Crippen molar-refractivity contribution >= 4 is 0 Å². The maximum absolute atomic E-state index is 5.80. The van der Waals surface area contributed by atoms with Crippen molar-refractivity contribution in [1.82, 2.24) is 15.3 Å². The highest BCUT2D eigenvalue weighted by Gasteiger charge is 2.14. The van der Waals surface area contributed by atoms with E-state index in [0.717, 1.165) is 37.1 Å². The van der Waals surface area contributed by atoms with Gasteiger partial charge in [-0.1, -0.05) is 54.6 Å². The number of rotatable bonds is 5. The van der Waals surface area contributed by atoms with Crippen molar-refractivity contribution < 1.29 is 4.74 Å². The molecular weight excluding hydrogens is 322 g/mol. The maximum Gasteiger partial charge on any atom is 0.316 e. The number of hydrogen-bond donors (Lipinski definition) is 1. The summed E-state index contributed by atoms with van der Waals surface area (Å²) in [6.45, 7) is 2.84. The van der Waals surface area contributed by atoms with Crippen molar-refractivity contribution in [3.63, 3.8) is 0 Å². The van der Waals surface area contributed by atoms with Gasteiger partial charge in [-0.05, 0) is 48.5 Å². The van der Waals surface area contributed by atoms with E-state index in [2.05, 4.69) is 57.7 Å². The van der Waals surface area contributed by atoms with Gasteiger partial charge in [0.25, 0.3) is 0 Å². The van der Waals surface area contributed by atoms with Crippen LogP contribution in [0.15, 0.2) is 67.0 Å². The zero-order chi connectivity index (χ0) is 17.6. The number of nitrogens with one attached hydrogen (secondary N) is 1. The van der Waals surface area contributed by atoms with Gasteiger partial charge in [0.2, 0.25) is 0 Å². The molecule has 0 radical (unpaired) electrons. The van der Waals surface area contributed by atoms with E-state index in [0.29, 0.717) is 18.5 Å². The van der Waals surface area contributed by atoms with Crippen LogP contribution in [0.2, 0.25) is 0 Å². The first kappa shape index (κ1) is 16.7. The smallest absolute Gasteiger partial charge is 0.316 e. The number of piperidine rings is 1. The SMILES string of the molecule is c1ccc(-c2ccccc2-c2cnc(OCC3CCNCC3)nc2)cc1. The molecule has 1 aliphatic rings. The lowest BCUT2D eigenvalue weighted by Gasteiger charge is -2.22. The highest BCUT2D eigenvalue weighted by molar-refractivity contribution is 5.82. The molecule has 1 fully saturated rings. The third-order valence-electron chi connectivity index (χ3n) is 4.86. The zero-order valence-corrected chi connectivity index (χ0v) is 14.8. The monoisotopic (exact) mass is 345 g/mol. The highest BCUT2D eigenvalue weighted by Crippen LogP contribution is 2.31. The number of ether oxygens (including phenoxy) is 1. The second kappa shape index (κ2) is 8.11. The van der Waals surface area contributed by atoms with E-state index in [1.54, 1.807) is 0 Å². The second-order valence-corrected chi connectivity index (χ2v) is 6.67. The third kappa shape index (κ3) is 3.92. The fraction of sp³-hybridized carbons (Fsp3) is 0.273. The normalized spacial score (nSPS) is 14.9. The Morgan fingerprint density at radius 1 is 0.808 bits per heavy atom. The number of hydrogen-bond acceptors (Lipinski definition) is 4. The molecule has 3 aromatic rings. The van der Waals surface area contributed by atoms with Crippen LogP contribution in [0.4, 0.5) is 0 Å². The molecule has 4 rings (SSSR count). The minimum Gasteiger partial charge on any atom is -0.463 e. The minimum atomic E-state index is 0.462. The molecule has 132 valence electrons. The van der Waals surface area contributed by atoms with Gasteiger partial charge < -0.3 is 10.1 Å². The average Bonchev–Trinajstić information content (AvgIpc) is 2.74. The Hall–Kier alpha value is -2.72. The first-order valence-corrected chi connectivity index (χ1v) is 9.20. The second-order valence-electron chi connectivity index (χ2n) is 6.67. The number of nitrogens with zero attached hydrogens (tertiary/aromatic N) is 2. The van der Waals surface area contributed by atoms with Crippen LogP contribution < -0.4 is 10.1 Å². The molecule has 0 aliphatic carbocycles. The quantitative estimate of drug-likeness (QED) is 0.753. The molecule has 0 unspecified atom stereocenters. The van der Waals surface area contributed by atoms with Gasteiger partial charge in [0.05, 0.1) is 6.61 Å². The van der Waals surface area contributed by atoms with Gasteiger partial charge in [-0.25, -0.2) is 9.97 Å². The Labute approximate surface area is 154 Å². The summed E-state index contributed by atoms with van der Waals surface area (Å²) in [7, 11) is 0. The van der Waals surface area contributed by atoms with Crippen molar-refractivity contribution in [2.24, 2.45) is 5.92 Å². The molecule has 0 bridgehead atoms. The molecule has 1 N–H and O–H groups in total. The standard InChI is InChI=1S/C22H23N3O/c1-2-6-18(7-3-1)20-8-4-5-9-21(20)19-14-24-22(25-15-19)26-16-17-10-12-23-13-11-17/h1-9,14-15,17,23H,10-13,16H2. The van der Waals surface area contributed by atoms with Crippen molar-refractivity contribution in [3.05, 3.63) is 67.0 Å². The molecule has 2 aromatic carbocycles. The topological polar surface area (TPSA) is 47.0 Å². The predicted octanol–water partition coefficient (Wildman–Crippen LogP) is 4.19. The molecular formula is C22H23N3O. The first-order chi connectivity index (χ1) is 12.9. The minimum absolute atomic E-state index is 0.462. The molecule has 2 heterocycles. The van der Waals surface area contributed by atoms with Gasteiger partial charge >= 0.3 is 6.01 Å². The first-order valence-electron chi connectivity index (χ1n) is 9.20. The lowest BCUT2D eigenvalue weighted by molar-refractivity contribution is 0.202. The van der Waals surface area contributed by atoms with Gasteiger partial charge in [-0.2, -0.15) is 0 Å². The molecule has 0 amide bonds. The maximum atomic E-state index is 5.80. The summed E-state index contributed by atoms with van der Waals surface area (Å²) in [5, 5.41) is 3.37. The van der Waals surface area contributed by atoms with Crippen LogP contribution in [0, 0.1) is 5.92 Å². The van der Waals surface area contributed by atoms with Crippen LogP contribution >= 0.6 is 0 Å². The van der Waals surface area contributed by atoms with Crippen molar-refractivity contribution in [2.45, 2.75) is 12.8 Å². The average molecular weight is 345 g/mol. The molecule has 1 aromatic heterocycles. The molecule has 26 heavy (non-hydrogen) atoms. The number of benzene rings is 2. The van der Waals surface area contributed by atoms with E-state index in [4.69, 9.17) is 4.74 Å². The van der Waals surface area contributed by atoms with Crippen LogP contribution in [0.5, 0.6) is 6.01 Å². The molecule has 1 saturated heterocycles. The summed E-state index contributed by atoms with van der Waals surface area (Å²) >= 11 is 0. The Morgan fingerprint density at radius 3 is 2.12 bits per heavy atom. The molecule has 0 spiro atoms. The summed E-state index contributed by atoms with van der Waals surface area (Å²) in [4.78, 5) is 8.85. The summed E-state index contributed by atoms with van der Waals surface area (Å²) in [5.74, 6) is 0.596. The fourth-order valence-electron chi connectivity index (χ4n) is 3.37. The van der Waals surface area contributed by atoms with Crippen LogP contribution in [0.1, 0.15) is 12.8 Å². The van der Waals surface area contributed by atoms with Gasteiger partial charge in [-0.3, -0.25) is 0 Å². The van der Waals surface area contributed by atoms with E-state index < -0.39 is 0 Å². The molecule has 0 atom stereocenters. The largest absolute Gasteiger partial charge is 0.463 e. The lowest BCUT2D eigenvalue weighted by Crippen LogP contribution is -2.30. The van der Waals surface area contributed by atoms with Gasteiger partial charge in [0.15, 0.2) is 0 Å². The molecule has 4 heteroatoms. The summed E-state index contributed by atoms with van der Waals surface area (Å²) < 4.78 is 5.80. The van der Waals surface area contributed by atoms with Crippen LogP contribution in [-0.2, 0) is 0 Å². The van der Waals surface area contributed by atoms with Crippen LogP contribution in [0.25, 0.3) is 22.3 Å². The van der Waals surface area contributed by atoms with E-state index in [1.165, 1.54) is 11.1 Å². The van der Waals surface area contributed by atoms with E-state index in [1.807, 2.05) is 24.5 Å². The van der Waals surface area contributed by atoms with Crippen molar-refractivity contribution in [1.29, 1.82) is 0 Å². The van der Waals surface area contributed by atoms with Crippen LogP contribution in [-0.4, -0.2) is 29.7 Å². The molecule has 4 nitrogen and oxygen atoms in total. The van der Waals surface area contributed by atoms with Crippen LogP contribution in [0.3, 0.4) is 0 Å². The predicted molar refractivity (Wildman–Crippen MR) is 104 cm³/mol. The van der Waals surface area contributed by atoms with Gasteiger partial charge in [0, 0.05) is 18.0 Å². The summed E-state index contributed by atoms with van der Waals surface area (Å²) in [6, 6.07) is 19.2. The Kier molecular flexibility index (Phi) is 5.22. The lowest BCUT2D eigenvalue weighted by atomic mass is 9.96. The Morgan fingerprint density at radius 2 is 1.42 bits per heavy atom. The summed E-state index contributed by atoms with van der Waals surface area (Å²) in [6.07, 6.45) is 6.02. The Bertz CT molecular complexity index is 828.